The lowest BCUT2D eigenvalue weighted by atomic mass is 10.1. The molecule has 0 fully saturated rings. The summed E-state index contributed by atoms with van der Waals surface area (Å²) in [5, 5.41) is 2.78. The number of aromatic nitrogens is 2. The zero-order chi connectivity index (χ0) is 17.6. The third-order valence-electron chi connectivity index (χ3n) is 3.67. The van der Waals surface area contributed by atoms with Crippen LogP contribution in [0.15, 0.2) is 65.5 Å². The lowest BCUT2D eigenvalue weighted by molar-refractivity contribution is 0.0945. The highest BCUT2D eigenvalue weighted by molar-refractivity contribution is 5.93. The molecule has 3 rings (SSSR count). The third-order valence-corrected chi connectivity index (χ3v) is 3.67. The molecule has 0 saturated carbocycles. The molecule has 25 heavy (non-hydrogen) atoms. The fourth-order valence-electron chi connectivity index (χ4n) is 2.36. The van der Waals surface area contributed by atoms with Crippen LogP contribution < -0.4 is 15.7 Å². The van der Waals surface area contributed by atoms with E-state index in [4.69, 9.17) is 4.74 Å². The Labute approximate surface area is 144 Å². The Balaban J connectivity index is 1.75. The summed E-state index contributed by atoms with van der Waals surface area (Å²) >= 11 is 0. The van der Waals surface area contributed by atoms with Crippen LogP contribution in [-0.4, -0.2) is 23.0 Å². The fourth-order valence-corrected chi connectivity index (χ4v) is 2.36. The van der Waals surface area contributed by atoms with Gasteiger partial charge in [-0.1, -0.05) is 42.5 Å². The fraction of sp³-hybridized carbons (Fsp3) is 0.105. The lowest BCUT2D eigenvalue weighted by Gasteiger charge is -2.07. The molecule has 0 unspecified atom stereocenters. The molecule has 0 radical (unpaired) electrons. The van der Waals surface area contributed by atoms with Gasteiger partial charge in [0.15, 0.2) is 0 Å². The Morgan fingerprint density at radius 1 is 1.12 bits per heavy atom. The summed E-state index contributed by atoms with van der Waals surface area (Å²) in [7, 11) is 1.60. The van der Waals surface area contributed by atoms with Crippen LogP contribution in [-0.2, 0) is 6.54 Å². The van der Waals surface area contributed by atoms with Crippen molar-refractivity contribution < 1.29 is 9.53 Å². The van der Waals surface area contributed by atoms with Gasteiger partial charge in [0.05, 0.1) is 12.8 Å². The molecule has 1 heterocycles. The summed E-state index contributed by atoms with van der Waals surface area (Å²) < 4.78 is 5.10. The van der Waals surface area contributed by atoms with Gasteiger partial charge in [-0.3, -0.25) is 4.79 Å². The van der Waals surface area contributed by atoms with Crippen LogP contribution in [0.1, 0.15) is 16.1 Å². The normalized spacial score (nSPS) is 10.3. The van der Waals surface area contributed by atoms with Gasteiger partial charge in [0, 0.05) is 12.1 Å². The predicted octanol–water partition coefficient (Wildman–Crippen LogP) is 2.38. The first kappa shape index (κ1) is 16.4. The van der Waals surface area contributed by atoms with E-state index < -0.39 is 5.69 Å². The maximum Gasteiger partial charge on any atom is 0.346 e. The van der Waals surface area contributed by atoms with E-state index in [1.54, 1.807) is 13.2 Å². The van der Waals surface area contributed by atoms with Crippen molar-refractivity contribution in [3.05, 3.63) is 82.4 Å². The molecule has 1 aromatic heterocycles. The van der Waals surface area contributed by atoms with E-state index >= 15 is 0 Å². The summed E-state index contributed by atoms with van der Waals surface area (Å²) in [4.78, 5) is 30.5. The molecule has 6 heteroatoms. The Morgan fingerprint density at radius 3 is 2.52 bits per heavy atom. The molecule has 0 atom stereocenters. The van der Waals surface area contributed by atoms with Crippen LogP contribution in [0, 0.1) is 0 Å². The van der Waals surface area contributed by atoms with Crippen molar-refractivity contribution in [2.75, 3.05) is 7.11 Å². The summed E-state index contributed by atoms with van der Waals surface area (Å²) in [6, 6.07) is 18.2. The predicted molar refractivity (Wildman–Crippen MR) is 94.5 cm³/mol. The molecule has 6 nitrogen and oxygen atoms in total. The first-order valence-corrected chi connectivity index (χ1v) is 7.73. The standard InChI is InChI=1S/C19H17N3O3/c1-25-15-9-7-13(8-10-15)12-20-18(23)17-11-16(21-19(24)22-17)14-5-3-2-4-6-14/h2-11H,12H2,1H3,(H,20,23)(H,21,22,24). The van der Waals surface area contributed by atoms with E-state index in [1.165, 1.54) is 0 Å². The number of benzene rings is 2. The van der Waals surface area contributed by atoms with E-state index in [9.17, 15) is 9.59 Å². The average Bonchev–Trinajstić information content (AvgIpc) is 2.66. The number of rotatable bonds is 5. The minimum atomic E-state index is -0.559. The molecule has 2 aromatic carbocycles. The number of ether oxygens (including phenoxy) is 1. The van der Waals surface area contributed by atoms with Crippen molar-refractivity contribution in [1.82, 2.24) is 15.3 Å². The van der Waals surface area contributed by atoms with E-state index in [-0.39, 0.29) is 11.6 Å². The highest BCUT2D eigenvalue weighted by Gasteiger charge is 2.10. The highest BCUT2D eigenvalue weighted by Crippen LogP contribution is 2.15. The molecule has 0 aliphatic carbocycles. The SMILES string of the molecule is COc1ccc(CNC(=O)c2cc(-c3ccccc3)nc(=O)[nH]2)cc1. The van der Waals surface area contributed by atoms with Crippen molar-refractivity contribution in [1.29, 1.82) is 0 Å². The molecule has 0 spiro atoms. The van der Waals surface area contributed by atoms with Crippen molar-refractivity contribution in [2.24, 2.45) is 0 Å². The van der Waals surface area contributed by atoms with E-state index in [2.05, 4.69) is 15.3 Å². The van der Waals surface area contributed by atoms with Gasteiger partial charge < -0.3 is 15.0 Å². The van der Waals surface area contributed by atoms with Gasteiger partial charge in [0.2, 0.25) is 0 Å². The van der Waals surface area contributed by atoms with E-state index in [0.29, 0.717) is 12.2 Å². The highest BCUT2D eigenvalue weighted by atomic mass is 16.5. The number of nitrogens with one attached hydrogen (secondary N) is 2. The minimum Gasteiger partial charge on any atom is -0.497 e. The molecular weight excluding hydrogens is 318 g/mol. The van der Waals surface area contributed by atoms with Gasteiger partial charge in [-0.2, -0.15) is 4.98 Å². The van der Waals surface area contributed by atoms with Gasteiger partial charge in [-0.15, -0.1) is 0 Å². The number of carbonyl (C=O) groups is 1. The van der Waals surface area contributed by atoms with Crippen LogP contribution in [0.4, 0.5) is 0 Å². The number of H-pyrrole nitrogens is 1. The van der Waals surface area contributed by atoms with Crippen LogP contribution in [0.25, 0.3) is 11.3 Å². The number of methoxy groups -OCH3 is 1. The smallest absolute Gasteiger partial charge is 0.346 e. The molecular formula is C19H17N3O3. The monoisotopic (exact) mass is 335 g/mol. The average molecular weight is 335 g/mol. The Bertz CT molecular complexity index is 919. The first-order chi connectivity index (χ1) is 12.2. The number of amides is 1. The topological polar surface area (TPSA) is 84.1 Å². The summed E-state index contributed by atoms with van der Waals surface area (Å²) in [6.07, 6.45) is 0. The Morgan fingerprint density at radius 2 is 1.84 bits per heavy atom. The van der Waals surface area contributed by atoms with Gasteiger partial charge >= 0.3 is 5.69 Å². The van der Waals surface area contributed by atoms with Gasteiger partial charge in [0.25, 0.3) is 5.91 Å². The molecule has 126 valence electrons. The maximum atomic E-state index is 12.3. The summed E-state index contributed by atoms with van der Waals surface area (Å²) in [5.74, 6) is 0.383. The molecule has 0 saturated heterocycles. The van der Waals surface area contributed by atoms with Crippen molar-refractivity contribution in [2.45, 2.75) is 6.54 Å². The number of aromatic amines is 1. The van der Waals surface area contributed by atoms with Crippen LogP contribution in [0.2, 0.25) is 0 Å². The lowest BCUT2D eigenvalue weighted by Crippen LogP contribution is -2.27. The number of hydrogen-bond acceptors (Lipinski definition) is 4. The zero-order valence-electron chi connectivity index (χ0n) is 13.7. The number of nitrogens with zero attached hydrogens (tertiary/aromatic N) is 1. The van der Waals surface area contributed by atoms with E-state index in [0.717, 1.165) is 16.9 Å². The third kappa shape index (κ3) is 4.11. The van der Waals surface area contributed by atoms with Gasteiger partial charge in [-0.05, 0) is 23.8 Å². The van der Waals surface area contributed by atoms with Crippen molar-refractivity contribution in [3.63, 3.8) is 0 Å². The second kappa shape index (κ2) is 7.44. The van der Waals surface area contributed by atoms with Crippen molar-refractivity contribution in [3.8, 4) is 17.0 Å². The second-order valence-corrected chi connectivity index (χ2v) is 5.38. The van der Waals surface area contributed by atoms with Crippen LogP contribution in [0.3, 0.4) is 0 Å². The Hall–Kier alpha value is -3.41. The molecule has 3 aromatic rings. The molecule has 2 N–H and O–H groups in total. The van der Waals surface area contributed by atoms with E-state index in [1.807, 2.05) is 54.6 Å². The van der Waals surface area contributed by atoms with Gasteiger partial charge in [0.1, 0.15) is 11.4 Å². The van der Waals surface area contributed by atoms with Crippen LogP contribution >= 0.6 is 0 Å². The zero-order valence-corrected chi connectivity index (χ0v) is 13.7. The Kier molecular flexibility index (Phi) is 4.89. The summed E-state index contributed by atoms with van der Waals surface area (Å²) in [6.45, 7) is 0.341. The minimum absolute atomic E-state index is 0.173. The van der Waals surface area contributed by atoms with Gasteiger partial charge in [-0.25, -0.2) is 4.79 Å². The largest absolute Gasteiger partial charge is 0.497 e. The molecule has 1 amide bonds. The maximum absolute atomic E-state index is 12.3. The number of carbonyl (C=O) groups excluding carboxylic acids is 1. The first-order valence-electron chi connectivity index (χ1n) is 7.73. The number of hydrogen-bond donors (Lipinski definition) is 2. The summed E-state index contributed by atoms with van der Waals surface area (Å²) in [5.41, 5.74) is 1.77. The van der Waals surface area contributed by atoms with Crippen LogP contribution in [0.5, 0.6) is 5.75 Å². The molecule has 0 aliphatic rings. The van der Waals surface area contributed by atoms with Crippen molar-refractivity contribution >= 4 is 5.91 Å². The second-order valence-electron chi connectivity index (χ2n) is 5.38. The quantitative estimate of drug-likeness (QED) is 0.750. The molecule has 0 aliphatic heterocycles. The molecule has 0 bridgehead atoms.